The maximum absolute atomic E-state index is 8.91. The molecule has 2 aromatic rings. The lowest BCUT2D eigenvalue weighted by molar-refractivity contribution is 0.0375. The Morgan fingerprint density at radius 2 is 1.00 bits per heavy atom. The minimum Gasteiger partial charge on any atom is -0.391 e. The Morgan fingerprint density at radius 1 is 0.667 bits per heavy atom. The third-order valence-corrected chi connectivity index (χ3v) is 2.94. The Balaban J connectivity index is 0.000000240. The van der Waals surface area contributed by atoms with E-state index in [2.05, 4.69) is 0 Å². The lowest BCUT2D eigenvalue weighted by Gasteiger charge is -2.05. The van der Waals surface area contributed by atoms with Crippen molar-refractivity contribution in [2.24, 2.45) is 0 Å². The lowest BCUT2D eigenvalue weighted by Crippen LogP contribution is -2.09. The number of hydrogen-bond donors (Lipinski definition) is 2. The molecule has 0 aliphatic carbocycles. The van der Waals surface area contributed by atoms with Gasteiger partial charge in [-0.05, 0) is 25.0 Å². The van der Waals surface area contributed by atoms with Crippen molar-refractivity contribution in [3.05, 3.63) is 71.8 Å². The largest absolute Gasteiger partial charge is 0.391 e. The van der Waals surface area contributed by atoms with Crippen LogP contribution in [0.1, 0.15) is 25.0 Å². The fraction of sp³-hybridized carbons (Fsp3) is 0.400. The van der Waals surface area contributed by atoms with Gasteiger partial charge in [0.15, 0.2) is 0 Å². The van der Waals surface area contributed by atoms with Crippen molar-refractivity contribution in [2.45, 2.75) is 39.3 Å². The Labute approximate surface area is 144 Å². The number of benzene rings is 2. The molecule has 2 rings (SSSR count). The van der Waals surface area contributed by atoms with Crippen LogP contribution in [0.5, 0.6) is 0 Å². The summed E-state index contributed by atoms with van der Waals surface area (Å²) in [6.45, 7) is 5.37. The van der Waals surface area contributed by atoms with Gasteiger partial charge in [-0.3, -0.25) is 0 Å². The Kier molecular flexibility index (Phi) is 10.7. The predicted molar refractivity (Wildman–Crippen MR) is 95.6 cm³/mol. The molecule has 2 aromatic carbocycles. The third kappa shape index (κ3) is 10.9. The van der Waals surface area contributed by atoms with Crippen molar-refractivity contribution in [3.8, 4) is 0 Å². The highest BCUT2D eigenvalue weighted by Crippen LogP contribution is 2.01. The highest BCUT2D eigenvalue weighted by Gasteiger charge is 1.96. The normalized spacial score (nSPS) is 12.8. The molecule has 2 atom stereocenters. The molecule has 0 saturated carbocycles. The van der Waals surface area contributed by atoms with Crippen molar-refractivity contribution in [2.75, 3.05) is 13.2 Å². The van der Waals surface area contributed by atoms with E-state index < -0.39 is 0 Å². The first kappa shape index (κ1) is 20.3. The second-order valence-corrected chi connectivity index (χ2v) is 5.70. The molecule has 0 unspecified atom stereocenters. The number of aliphatic hydroxyl groups excluding tert-OH is 2. The van der Waals surface area contributed by atoms with E-state index >= 15 is 0 Å². The lowest BCUT2D eigenvalue weighted by atomic mass is 10.2. The van der Waals surface area contributed by atoms with Crippen LogP contribution < -0.4 is 0 Å². The summed E-state index contributed by atoms with van der Waals surface area (Å²) in [7, 11) is 0. The maximum Gasteiger partial charge on any atom is 0.0745 e. The summed E-state index contributed by atoms with van der Waals surface area (Å²) in [6.07, 6.45) is -0.762. The van der Waals surface area contributed by atoms with Gasteiger partial charge in [0.05, 0.1) is 38.6 Å². The molecule has 0 spiro atoms. The van der Waals surface area contributed by atoms with Crippen molar-refractivity contribution in [3.63, 3.8) is 0 Å². The summed E-state index contributed by atoms with van der Waals surface area (Å²) >= 11 is 0. The molecule has 0 aromatic heterocycles. The van der Waals surface area contributed by atoms with Crippen molar-refractivity contribution >= 4 is 0 Å². The zero-order chi connectivity index (χ0) is 17.6. The van der Waals surface area contributed by atoms with E-state index in [1.165, 1.54) is 0 Å². The summed E-state index contributed by atoms with van der Waals surface area (Å²) in [5.41, 5.74) is 2.27. The second-order valence-electron chi connectivity index (χ2n) is 5.70. The van der Waals surface area contributed by atoms with E-state index in [9.17, 15) is 0 Å². The molecule has 0 saturated heterocycles. The van der Waals surface area contributed by atoms with Crippen molar-refractivity contribution < 1.29 is 19.7 Å². The fourth-order valence-corrected chi connectivity index (χ4v) is 1.84. The first-order chi connectivity index (χ1) is 11.6. The Morgan fingerprint density at radius 3 is 1.29 bits per heavy atom. The summed E-state index contributed by atoms with van der Waals surface area (Å²) in [5, 5.41) is 17.8. The summed E-state index contributed by atoms with van der Waals surface area (Å²) < 4.78 is 10.5. The zero-order valence-electron chi connectivity index (χ0n) is 14.5. The molecule has 0 heterocycles. The van der Waals surface area contributed by atoms with Crippen LogP contribution in [0.15, 0.2) is 60.7 Å². The molecule has 0 radical (unpaired) electrons. The zero-order valence-corrected chi connectivity index (χ0v) is 14.5. The molecular formula is C20H28O4. The van der Waals surface area contributed by atoms with Gasteiger partial charge in [-0.2, -0.15) is 0 Å². The molecule has 0 bridgehead atoms. The monoisotopic (exact) mass is 332 g/mol. The van der Waals surface area contributed by atoms with E-state index in [1.54, 1.807) is 13.8 Å². The van der Waals surface area contributed by atoms with Crippen LogP contribution in [0.4, 0.5) is 0 Å². The number of ether oxygens (including phenoxy) is 2. The van der Waals surface area contributed by atoms with E-state index in [-0.39, 0.29) is 12.2 Å². The molecule has 2 N–H and O–H groups in total. The van der Waals surface area contributed by atoms with Gasteiger partial charge >= 0.3 is 0 Å². The van der Waals surface area contributed by atoms with Gasteiger partial charge in [-0.25, -0.2) is 0 Å². The van der Waals surface area contributed by atoms with Crippen LogP contribution in [0.2, 0.25) is 0 Å². The summed E-state index contributed by atoms with van der Waals surface area (Å²) in [5.74, 6) is 0. The molecule has 0 amide bonds. The number of rotatable bonds is 8. The molecule has 4 heteroatoms. The molecule has 132 valence electrons. The van der Waals surface area contributed by atoms with Crippen molar-refractivity contribution in [1.29, 1.82) is 0 Å². The van der Waals surface area contributed by atoms with Crippen LogP contribution in [0, 0.1) is 0 Å². The van der Waals surface area contributed by atoms with Gasteiger partial charge in [0.2, 0.25) is 0 Å². The first-order valence-corrected chi connectivity index (χ1v) is 8.17. The van der Waals surface area contributed by atoms with E-state index in [1.807, 2.05) is 60.7 Å². The van der Waals surface area contributed by atoms with Crippen LogP contribution in [-0.4, -0.2) is 35.6 Å². The quantitative estimate of drug-likeness (QED) is 0.779. The minimum atomic E-state index is -0.381. The standard InChI is InChI=1S/2C10H14O2/c2*1-9(11)7-12-8-10-5-3-2-4-6-10/h2*2-6,9,11H,7-8H2,1H3/t2*9-/m10/s1. The van der Waals surface area contributed by atoms with E-state index in [0.717, 1.165) is 11.1 Å². The van der Waals surface area contributed by atoms with Crippen molar-refractivity contribution in [1.82, 2.24) is 0 Å². The average molecular weight is 332 g/mol. The van der Waals surface area contributed by atoms with Gasteiger partial charge in [-0.1, -0.05) is 60.7 Å². The van der Waals surface area contributed by atoms with E-state index in [0.29, 0.717) is 26.4 Å². The maximum atomic E-state index is 8.91. The van der Waals surface area contributed by atoms with Crippen LogP contribution in [0.25, 0.3) is 0 Å². The van der Waals surface area contributed by atoms with Crippen LogP contribution in [0.3, 0.4) is 0 Å². The Hall–Kier alpha value is -1.72. The number of hydrogen-bond acceptors (Lipinski definition) is 4. The SMILES string of the molecule is C[C@@H](O)COCc1ccccc1.C[C@H](O)COCc1ccccc1. The van der Waals surface area contributed by atoms with Gasteiger partial charge in [-0.15, -0.1) is 0 Å². The number of aliphatic hydroxyl groups is 2. The highest BCUT2D eigenvalue weighted by molar-refractivity contribution is 5.14. The second kappa shape index (κ2) is 12.7. The molecule has 24 heavy (non-hydrogen) atoms. The molecule has 0 fully saturated rings. The Bertz CT molecular complexity index is 462. The molecule has 0 aliphatic rings. The van der Waals surface area contributed by atoms with E-state index in [4.69, 9.17) is 19.7 Å². The van der Waals surface area contributed by atoms with Gasteiger partial charge < -0.3 is 19.7 Å². The van der Waals surface area contributed by atoms with Crippen LogP contribution >= 0.6 is 0 Å². The smallest absolute Gasteiger partial charge is 0.0745 e. The van der Waals surface area contributed by atoms with Gasteiger partial charge in [0.1, 0.15) is 0 Å². The average Bonchev–Trinajstić information content (AvgIpc) is 2.57. The minimum absolute atomic E-state index is 0.381. The summed E-state index contributed by atoms with van der Waals surface area (Å²) in [6, 6.07) is 19.8. The fourth-order valence-electron chi connectivity index (χ4n) is 1.84. The molecular weight excluding hydrogens is 304 g/mol. The predicted octanol–water partition coefficient (Wildman–Crippen LogP) is 3.17. The highest BCUT2D eigenvalue weighted by atomic mass is 16.5. The molecule has 4 nitrogen and oxygen atoms in total. The summed E-state index contributed by atoms with van der Waals surface area (Å²) in [4.78, 5) is 0. The van der Waals surface area contributed by atoms with Gasteiger partial charge in [0.25, 0.3) is 0 Å². The first-order valence-electron chi connectivity index (χ1n) is 8.17. The topological polar surface area (TPSA) is 58.9 Å². The van der Waals surface area contributed by atoms with Gasteiger partial charge in [0, 0.05) is 0 Å². The molecule has 0 aliphatic heterocycles. The third-order valence-electron chi connectivity index (χ3n) is 2.94. The van der Waals surface area contributed by atoms with Crippen LogP contribution in [-0.2, 0) is 22.7 Å².